The first kappa shape index (κ1) is 17.3. The molecule has 0 bridgehead atoms. The molecule has 0 saturated carbocycles. The maximum Gasteiger partial charge on any atom is 0.266 e. The number of nitriles is 1. The van der Waals surface area contributed by atoms with E-state index in [1.807, 2.05) is 63.2 Å². The summed E-state index contributed by atoms with van der Waals surface area (Å²) in [5, 5.41) is 12.2. The highest BCUT2D eigenvalue weighted by atomic mass is 16.5. The van der Waals surface area contributed by atoms with Gasteiger partial charge in [0, 0.05) is 5.69 Å². The van der Waals surface area contributed by atoms with Crippen LogP contribution in [0.4, 0.5) is 5.69 Å². The Morgan fingerprint density at radius 1 is 1.21 bits per heavy atom. The maximum atomic E-state index is 12.4. The molecule has 0 fully saturated rings. The van der Waals surface area contributed by atoms with Gasteiger partial charge in [0.05, 0.1) is 6.61 Å². The molecule has 24 heavy (non-hydrogen) atoms. The number of nitrogens with zero attached hydrogens (tertiary/aromatic N) is 1. The van der Waals surface area contributed by atoms with E-state index in [2.05, 4.69) is 5.32 Å². The van der Waals surface area contributed by atoms with E-state index < -0.39 is 5.91 Å². The third-order valence-electron chi connectivity index (χ3n) is 3.56. The van der Waals surface area contributed by atoms with Crippen LogP contribution in [-0.2, 0) is 4.79 Å². The SMILES string of the molecule is CCOc1cccc(/C=C(\C#N)C(=O)Nc2c(C)cccc2C)c1. The maximum absolute atomic E-state index is 12.4. The summed E-state index contributed by atoms with van der Waals surface area (Å²) in [6.07, 6.45) is 1.56. The number of para-hydroxylation sites is 1. The molecule has 0 saturated heterocycles. The van der Waals surface area contributed by atoms with Crippen molar-refractivity contribution in [3.63, 3.8) is 0 Å². The van der Waals surface area contributed by atoms with E-state index in [1.165, 1.54) is 0 Å². The van der Waals surface area contributed by atoms with Gasteiger partial charge in [0.15, 0.2) is 0 Å². The molecule has 2 aromatic carbocycles. The van der Waals surface area contributed by atoms with E-state index in [1.54, 1.807) is 12.1 Å². The molecule has 4 heteroatoms. The molecule has 0 spiro atoms. The molecule has 0 aliphatic rings. The summed E-state index contributed by atoms with van der Waals surface area (Å²) < 4.78 is 5.44. The largest absolute Gasteiger partial charge is 0.494 e. The molecule has 0 aliphatic heterocycles. The first-order valence-electron chi connectivity index (χ1n) is 7.77. The second-order valence-electron chi connectivity index (χ2n) is 5.40. The average molecular weight is 320 g/mol. The van der Waals surface area contributed by atoms with Gasteiger partial charge >= 0.3 is 0 Å². The summed E-state index contributed by atoms with van der Waals surface area (Å²) in [6.45, 7) is 6.31. The Labute approximate surface area is 142 Å². The van der Waals surface area contributed by atoms with E-state index in [0.717, 1.165) is 22.4 Å². The molecule has 0 radical (unpaired) electrons. The van der Waals surface area contributed by atoms with Gasteiger partial charge in [0.2, 0.25) is 0 Å². The molecule has 1 amide bonds. The standard InChI is InChI=1S/C20H20N2O2/c1-4-24-18-10-6-9-16(12-18)11-17(13-21)20(23)22-19-14(2)7-5-8-15(19)3/h5-12H,4H2,1-3H3,(H,22,23)/b17-11+. The zero-order valence-electron chi connectivity index (χ0n) is 14.1. The molecule has 0 heterocycles. The molecule has 1 N–H and O–H groups in total. The lowest BCUT2D eigenvalue weighted by atomic mass is 10.1. The Hall–Kier alpha value is -3.06. The number of nitrogens with one attached hydrogen (secondary N) is 1. The highest BCUT2D eigenvalue weighted by molar-refractivity contribution is 6.10. The number of rotatable bonds is 5. The van der Waals surface area contributed by atoms with Gasteiger partial charge in [-0.25, -0.2) is 0 Å². The van der Waals surface area contributed by atoms with Crippen LogP contribution in [-0.4, -0.2) is 12.5 Å². The van der Waals surface area contributed by atoms with Gasteiger partial charge in [0.1, 0.15) is 17.4 Å². The fourth-order valence-corrected chi connectivity index (χ4v) is 2.37. The van der Waals surface area contributed by atoms with Crippen molar-refractivity contribution in [3.8, 4) is 11.8 Å². The van der Waals surface area contributed by atoms with Crippen molar-refractivity contribution < 1.29 is 9.53 Å². The summed E-state index contributed by atoms with van der Waals surface area (Å²) >= 11 is 0. The van der Waals surface area contributed by atoms with Crippen molar-refractivity contribution >= 4 is 17.7 Å². The van der Waals surface area contributed by atoms with E-state index >= 15 is 0 Å². The minimum absolute atomic E-state index is 0.0475. The monoisotopic (exact) mass is 320 g/mol. The van der Waals surface area contributed by atoms with Gasteiger partial charge in [0.25, 0.3) is 5.91 Å². The van der Waals surface area contributed by atoms with Crippen LogP contribution in [0.5, 0.6) is 5.75 Å². The van der Waals surface area contributed by atoms with Crippen LogP contribution >= 0.6 is 0 Å². The number of ether oxygens (including phenoxy) is 1. The van der Waals surface area contributed by atoms with Crippen molar-refractivity contribution in [2.24, 2.45) is 0 Å². The van der Waals surface area contributed by atoms with Crippen molar-refractivity contribution in [3.05, 3.63) is 64.7 Å². The number of anilines is 1. The fraction of sp³-hybridized carbons (Fsp3) is 0.200. The lowest BCUT2D eigenvalue weighted by Gasteiger charge is -2.11. The van der Waals surface area contributed by atoms with Crippen LogP contribution < -0.4 is 10.1 Å². The molecule has 0 unspecified atom stereocenters. The van der Waals surface area contributed by atoms with Gasteiger partial charge in [-0.2, -0.15) is 5.26 Å². The summed E-state index contributed by atoms with van der Waals surface area (Å²) in [5.41, 5.74) is 3.45. The van der Waals surface area contributed by atoms with Crippen LogP contribution in [0.2, 0.25) is 0 Å². The molecule has 2 rings (SSSR count). The second kappa shape index (κ2) is 7.98. The fourth-order valence-electron chi connectivity index (χ4n) is 2.37. The molecular formula is C20H20N2O2. The molecule has 0 aliphatic carbocycles. The Kier molecular flexibility index (Phi) is 5.75. The third kappa shape index (κ3) is 4.23. The molecule has 0 atom stereocenters. The Morgan fingerprint density at radius 2 is 1.88 bits per heavy atom. The van der Waals surface area contributed by atoms with Crippen molar-refractivity contribution in [1.82, 2.24) is 0 Å². The van der Waals surface area contributed by atoms with Gasteiger partial charge in [-0.05, 0) is 55.7 Å². The quantitative estimate of drug-likeness (QED) is 0.662. The van der Waals surface area contributed by atoms with E-state index in [-0.39, 0.29) is 5.57 Å². The van der Waals surface area contributed by atoms with Gasteiger partial charge in [-0.3, -0.25) is 4.79 Å². The van der Waals surface area contributed by atoms with Gasteiger partial charge in [-0.15, -0.1) is 0 Å². The summed E-state index contributed by atoms with van der Waals surface area (Å²) in [5.74, 6) is 0.287. The minimum Gasteiger partial charge on any atom is -0.494 e. The van der Waals surface area contributed by atoms with Crippen molar-refractivity contribution in [2.75, 3.05) is 11.9 Å². The highest BCUT2D eigenvalue weighted by Gasteiger charge is 2.12. The zero-order chi connectivity index (χ0) is 17.5. The van der Waals surface area contributed by atoms with E-state index in [0.29, 0.717) is 12.4 Å². The lowest BCUT2D eigenvalue weighted by Crippen LogP contribution is -2.15. The number of carbonyl (C=O) groups is 1. The van der Waals surface area contributed by atoms with E-state index in [4.69, 9.17) is 4.74 Å². The molecule has 4 nitrogen and oxygen atoms in total. The van der Waals surface area contributed by atoms with E-state index in [9.17, 15) is 10.1 Å². The number of benzene rings is 2. The summed E-state index contributed by atoms with van der Waals surface area (Å²) in [7, 11) is 0. The van der Waals surface area contributed by atoms with Crippen molar-refractivity contribution in [1.29, 1.82) is 5.26 Å². The highest BCUT2D eigenvalue weighted by Crippen LogP contribution is 2.21. The van der Waals surface area contributed by atoms with Crippen LogP contribution in [0.15, 0.2) is 48.0 Å². The minimum atomic E-state index is -0.420. The summed E-state index contributed by atoms with van der Waals surface area (Å²) in [6, 6.07) is 15.0. The van der Waals surface area contributed by atoms with Crippen LogP contribution in [0.25, 0.3) is 6.08 Å². The average Bonchev–Trinajstić information content (AvgIpc) is 2.56. The third-order valence-corrected chi connectivity index (χ3v) is 3.56. The normalized spacial score (nSPS) is 10.8. The topological polar surface area (TPSA) is 62.1 Å². The first-order chi connectivity index (χ1) is 11.5. The predicted octanol–water partition coefficient (Wildman–Crippen LogP) is 4.25. The summed E-state index contributed by atoms with van der Waals surface area (Å²) in [4.78, 5) is 12.4. The second-order valence-corrected chi connectivity index (χ2v) is 5.40. The lowest BCUT2D eigenvalue weighted by molar-refractivity contribution is -0.112. The number of hydrogen-bond donors (Lipinski definition) is 1. The molecular weight excluding hydrogens is 300 g/mol. The smallest absolute Gasteiger partial charge is 0.266 e. The first-order valence-corrected chi connectivity index (χ1v) is 7.77. The van der Waals surface area contributed by atoms with Crippen LogP contribution in [0.3, 0.4) is 0 Å². The Balaban J connectivity index is 2.26. The number of carbonyl (C=O) groups excluding carboxylic acids is 1. The molecule has 2 aromatic rings. The number of amides is 1. The van der Waals surface area contributed by atoms with Crippen molar-refractivity contribution in [2.45, 2.75) is 20.8 Å². The van der Waals surface area contributed by atoms with Crippen LogP contribution in [0.1, 0.15) is 23.6 Å². The predicted molar refractivity (Wildman–Crippen MR) is 95.7 cm³/mol. The molecule has 0 aromatic heterocycles. The molecule has 122 valence electrons. The number of aryl methyl sites for hydroxylation is 2. The number of hydrogen-bond acceptors (Lipinski definition) is 3. The zero-order valence-corrected chi connectivity index (χ0v) is 14.1. The van der Waals surface area contributed by atoms with Gasteiger partial charge < -0.3 is 10.1 Å². The Bertz CT molecular complexity index is 796. The van der Waals surface area contributed by atoms with Crippen LogP contribution in [0, 0.1) is 25.2 Å². The van der Waals surface area contributed by atoms with Gasteiger partial charge in [-0.1, -0.05) is 30.3 Å². The Morgan fingerprint density at radius 3 is 2.50 bits per heavy atom.